The number of carbonyl (C=O) groups is 1. The molecule has 0 bridgehead atoms. The summed E-state index contributed by atoms with van der Waals surface area (Å²) < 4.78 is 5.72. The van der Waals surface area contributed by atoms with Crippen molar-refractivity contribution in [3.63, 3.8) is 0 Å². The van der Waals surface area contributed by atoms with Crippen molar-refractivity contribution in [3.05, 3.63) is 30.3 Å². The number of likely N-dealkylation sites (tertiary alicyclic amines) is 1. The number of carbonyl (C=O) groups excluding carboxylic acids is 1. The number of amides is 1. The summed E-state index contributed by atoms with van der Waals surface area (Å²) in [5, 5.41) is 0. The van der Waals surface area contributed by atoms with Gasteiger partial charge in [0.2, 0.25) is 5.91 Å². The Morgan fingerprint density at radius 1 is 1.21 bits per heavy atom. The number of unbranched alkanes of at least 4 members (excludes halogenated alkanes) is 3. The molecule has 0 saturated carbocycles. The third-order valence-corrected chi connectivity index (χ3v) is 3.61. The van der Waals surface area contributed by atoms with Gasteiger partial charge in [0, 0.05) is 6.54 Å². The molecule has 104 valence electrons. The minimum atomic E-state index is 0.273. The van der Waals surface area contributed by atoms with Crippen molar-refractivity contribution >= 4 is 5.91 Å². The van der Waals surface area contributed by atoms with Crippen LogP contribution in [0.1, 0.15) is 39.0 Å². The summed E-state index contributed by atoms with van der Waals surface area (Å²) in [6.45, 7) is 3.70. The maximum Gasteiger partial charge on any atom is 0.225 e. The van der Waals surface area contributed by atoms with Gasteiger partial charge in [0.25, 0.3) is 0 Å². The van der Waals surface area contributed by atoms with Crippen LogP contribution in [-0.2, 0) is 4.79 Å². The maximum atomic E-state index is 11.6. The molecule has 0 aliphatic carbocycles. The van der Waals surface area contributed by atoms with Crippen molar-refractivity contribution < 1.29 is 9.53 Å². The Kier molecular flexibility index (Phi) is 5.25. The fourth-order valence-corrected chi connectivity index (χ4v) is 2.39. The zero-order chi connectivity index (χ0) is 13.5. The first kappa shape index (κ1) is 13.9. The molecule has 1 aromatic carbocycles. The van der Waals surface area contributed by atoms with Gasteiger partial charge in [-0.3, -0.25) is 4.79 Å². The first-order valence-corrected chi connectivity index (χ1v) is 7.28. The van der Waals surface area contributed by atoms with Gasteiger partial charge in [-0.25, -0.2) is 0 Å². The molecule has 0 radical (unpaired) electrons. The highest BCUT2D eigenvalue weighted by molar-refractivity contribution is 5.83. The Labute approximate surface area is 115 Å². The van der Waals surface area contributed by atoms with Crippen LogP contribution in [0.15, 0.2) is 30.3 Å². The summed E-state index contributed by atoms with van der Waals surface area (Å²) in [6, 6.07) is 10.1. The van der Waals surface area contributed by atoms with Gasteiger partial charge < -0.3 is 9.64 Å². The van der Waals surface area contributed by atoms with Gasteiger partial charge in [0.05, 0.1) is 12.5 Å². The van der Waals surface area contributed by atoms with Crippen molar-refractivity contribution in [2.75, 3.05) is 13.2 Å². The van der Waals surface area contributed by atoms with Crippen molar-refractivity contribution in [1.29, 1.82) is 0 Å². The SMILES string of the molecule is CCCCCCN1C(=O)C[C@@H]1COc1ccccc1. The Morgan fingerprint density at radius 2 is 2.00 bits per heavy atom. The number of rotatable bonds is 8. The summed E-state index contributed by atoms with van der Waals surface area (Å²) in [5.41, 5.74) is 0. The number of β-lactam (4-membered cyclic amide) rings is 1. The lowest BCUT2D eigenvalue weighted by Crippen LogP contribution is -2.55. The van der Waals surface area contributed by atoms with E-state index in [1.807, 2.05) is 35.2 Å². The lowest BCUT2D eigenvalue weighted by atomic mass is 10.0. The van der Waals surface area contributed by atoms with Crippen LogP contribution in [0.25, 0.3) is 0 Å². The average molecular weight is 261 g/mol. The Bertz CT molecular complexity index is 391. The second-order valence-electron chi connectivity index (χ2n) is 5.13. The second kappa shape index (κ2) is 7.17. The van der Waals surface area contributed by atoms with Crippen LogP contribution in [0, 0.1) is 0 Å². The summed E-state index contributed by atoms with van der Waals surface area (Å²) in [6.07, 6.45) is 5.45. The van der Waals surface area contributed by atoms with E-state index < -0.39 is 0 Å². The van der Waals surface area contributed by atoms with Crippen molar-refractivity contribution in [2.24, 2.45) is 0 Å². The summed E-state index contributed by atoms with van der Waals surface area (Å²) in [4.78, 5) is 13.6. The quantitative estimate of drug-likeness (QED) is 0.531. The normalized spacial score (nSPS) is 18.3. The number of para-hydroxylation sites is 1. The number of benzene rings is 1. The molecular formula is C16H23NO2. The molecule has 0 spiro atoms. The lowest BCUT2D eigenvalue weighted by molar-refractivity contribution is -0.147. The van der Waals surface area contributed by atoms with E-state index in [0.717, 1.165) is 18.7 Å². The number of hydrogen-bond donors (Lipinski definition) is 0. The van der Waals surface area contributed by atoms with E-state index in [1.54, 1.807) is 0 Å². The molecule has 1 atom stereocenters. The molecule has 19 heavy (non-hydrogen) atoms. The standard InChI is InChI=1S/C16H23NO2/c1-2-3-4-8-11-17-14(12-16(17)18)13-19-15-9-6-5-7-10-15/h5-7,9-10,14H,2-4,8,11-13H2,1H3/t14-/m1/s1. The highest BCUT2D eigenvalue weighted by Gasteiger charge is 2.35. The molecular weight excluding hydrogens is 238 g/mol. The maximum absolute atomic E-state index is 11.6. The second-order valence-corrected chi connectivity index (χ2v) is 5.13. The topological polar surface area (TPSA) is 29.5 Å². The third-order valence-electron chi connectivity index (χ3n) is 3.61. The van der Waals surface area contributed by atoms with E-state index in [1.165, 1.54) is 19.3 Å². The highest BCUT2D eigenvalue weighted by Crippen LogP contribution is 2.21. The van der Waals surface area contributed by atoms with Gasteiger partial charge in [-0.15, -0.1) is 0 Å². The summed E-state index contributed by atoms with van der Waals surface area (Å²) in [7, 11) is 0. The largest absolute Gasteiger partial charge is 0.491 e. The molecule has 0 unspecified atom stereocenters. The molecule has 3 heteroatoms. The minimum absolute atomic E-state index is 0.273. The van der Waals surface area contributed by atoms with Crippen molar-refractivity contribution in [1.82, 2.24) is 4.90 Å². The summed E-state index contributed by atoms with van der Waals surface area (Å²) >= 11 is 0. The van der Waals surface area contributed by atoms with E-state index in [-0.39, 0.29) is 11.9 Å². The van der Waals surface area contributed by atoms with Gasteiger partial charge in [-0.05, 0) is 18.6 Å². The van der Waals surface area contributed by atoms with Crippen LogP contribution in [0.2, 0.25) is 0 Å². The van der Waals surface area contributed by atoms with E-state index in [0.29, 0.717) is 13.0 Å². The molecule has 1 aromatic rings. The number of hydrogen-bond acceptors (Lipinski definition) is 2. The van der Waals surface area contributed by atoms with Gasteiger partial charge in [0.15, 0.2) is 0 Å². The Morgan fingerprint density at radius 3 is 2.68 bits per heavy atom. The van der Waals surface area contributed by atoms with E-state index >= 15 is 0 Å². The molecule has 1 aliphatic rings. The molecule has 1 saturated heterocycles. The third kappa shape index (κ3) is 3.98. The molecule has 2 rings (SSSR count). The smallest absolute Gasteiger partial charge is 0.225 e. The van der Waals surface area contributed by atoms with Gasteiger partial charge in [0.1, 0.15) is 12.4 Å². The predicted octanol–water partition coefficient (Wildman–Crippen LogP) is 3.25. The van der Waals surface area contributed by atoms with Crippen LogP contribution in [0.5, 0.6) is 5.75 Å². The molecule has 1 amide bonds. The van der Waals surface area contributed by atoms with E-state index in [2.05, 4.69) is 6.92 Å². The Hall–Kier alpha value is -1.51. The van der Waals surface area contributed by atoms with Gasteiger partial charge >= 0.3 is 0 Å². The first-order chi connectivity index (χ1) is 9.31. The van der Waals surface area contributed by atoms with Gasteiger partial charge in [-0.1, -0.05) is 44.4 Å². The van der Waals surface area contributed by atoms with Crippen LogP contribution < -0.4 is 4.74 Å². The molecule has 3 nitrogen and oxygen atoms in total. The van der Waals surface area contributed by atoms with Crippen LogP contribution in [0.4, 0.5) is 0 Å². The number of nitrogens with zero attached hydrogens (tertiary/aromatic N) is 1. The lowest BCUT2D eigenvalue weighted by Gasteiger charge is -2.40. The van der Waals surface area contributed by atoms with E-state index in [4.69, 9.17) is 4.74 Å². The van der Waals surface area contributed by atoms with Crippen LogP contribution in [0.3, 0.4) is 0 Å². The molecule has 0 N–H and O–H groups in total. The molecule has 0 aromatic heterocycles. The fourth-order valence-electron chi connectivity index (χ4n) is 2.39. The number of ether oxygens (including phenoxy) is 1. The zero-order valence-corrected chi connectivity index (χ0v) is 11.7. The average Bonchev–Trinajstić information content (AvgIpc) is 2.44. The highest BCUT2D eigenvalue weighted by atomic mass is 16.5. The van der Waals surface area contributed by atoms with E-state index in [9.17, 15) is 4.79 Å². The molecule has 1 aliphatic heterocycles. The summed E-state index contributed by atoms with van der Waals surface area (Å²) in [5.74, 6) is 1.16. The first-order valence-electron chi connectivity index (χ1n) is 7.28. The molecule has 1 heterocycles. The van der Waals surface area contributed by atoms with Crippen LogP contribution in [-0.4, -0.2) is 30.0 Å². The van der Waals surface area contributed by atoms with Crippen molar-refractivity contribution in [3.8, 4) is 5.75 Å². The minimum Gasteiger partial charge on any atom is -0.491 e. The van der Waals surface area contributed by atoms with Crippen molar-refractivity contribution in [2.45, 2.75) is 45.1 Å². The fraction of sp³-hybridized carbons (Fsp3) is 0.562. The monoisotopic (exact) mass is 261 g/mol. The zero-order valence-electron chi connectivity index (χ0n) is 11.7. The Balaban J connectivity index is 1.70. The van der Waals surface area contributed by atoms with Crippen LogP contribution >= 0.6 is 0 Å². The van der Waals surface area contributed by atoms with Gasteiger partial charge in [-0.2, -0.15) is 0 Å². The molecule has 1 fully saturated rings. The predicted molar refractivity (Wildman–Crippen MR) is 76.2 cm³/mol.